The molecule has 0 radical (unpaired) electrons. The van der Waals surface area contributed by atoms with Gasteiger partial charge < -0.3 is 19.3 Å². The van der Waals surface area contributed by atoms with Crippen LogP contribution in [0.25, 0.3) is 0 Å². The topological polar surface area (TPSA) is 88.1 Å². The van der Waals surface area contributed by atoms with E-state index in [1.165, 1.54) is 24.6 Å². The van der Waals surface area contributed by atoms with Gasteiger partial charge in [0.2, 0.25) is 10.0 Å². The molecule has 10 heteroatoms. The van der Waals surface area contributed by atoms with Crippen molar-refractivity contribution < 1.29 is 17.9 Å². The number of piperazine rings is 1. The standard InChI is InChI=1S/C19H27N5O4S/c1-14-20-18(22(2)3)13-19(21-14)23-8-10-24(11-9-23)29(25,26)17-12-15(27-4)6-7-16(17)28-5/h6-7,12-13H,8-11H2,1-5H3. The lowest BCUT2D eigenvalue weighted by Crippen LogP contribution is -2.49. The van der Waals surface area contributed by atoms with E-state index >= 15 is 0 Å². The third-order valence-electron chi connectivity index (χ3n) is 4.82. The molecule has 158 valence electrons. The van der Waals surface area contributed by atoms with Gasteiger partial charge in [-0.25, -0.2) is 18.4 Å². The van der Waals surface area contributed by atoms with Gasteiger partial charge in [-0.2, -0.15) is 4.31 Å². The van der Waals surface area contributed by atoms with Gasteiger partial charge in [0.1, 0.15) is 33.9 Å². The first-order valence-electron chi connectivity index (χ1n) is 9.26. The van der Waals surface area contributed by atoms with E-state index < -0.39 is 10.0 Å². The Morgan fingerprint density at radius 1 is 1.00 bits per heavy atom. The molecular formula is C19H27N5O4S. The Labute approximate surface area is 171 Å². The monoisotopic (exact) mass is 421 g/mol. The Kier molecular flexibility index (Phi) is 6.13. The van der Waals surface area contributed by atoms with Crippen molar-refractivity contribution in [1.82, 2.24) is 14.3 Å². The molecule has 0 atom stereocenters. The first-order chi connectivity index (χ1) is 13.8. The number of benzene rings is 1. The van der Waals surface area contributed by atoms with Crippen LogP contribution in [0.2, 0.25) is 0 Å². The molecule has 9 nitrogen and oxygen atoms in total. The van der Waals surface area contributed by atoms with Crippen molar-refractivity contribution in [1.29, 1.82) is 0 Å². The van der Waals surface area contributed by atoms with Gasteiger partial charge in [0.15, 0.2) is 0 Å². The molecule has 0 saturated carbocycles. The van der Waals surface area contributed by atoms with Gasteiger partial charge in [0.05, 0.1) is 14.2 Å². The third kappa shape index (κ3) is 4.38. The van der Waals surface area contributed by atoms with Crippen LogP contribution in [0.3, 0.4) is 0 Å². The summed E-state index contributed by atoms with van der Waals surface area (Å²) in [5.41, 5.74) is 0. The van der Waals surface area contributed by atoms with Crippen LogP contribution in [0.5, 0.6) is 11.5 Å². The Morgan fingerprint density at radius 2 is 1.69 bits per heavy atom. The lowest BCUT2D eigenvalue weighted by molar-refractivity contribution is 0.370. The van der Waals surface area contributed by atoms with Crippen molar-refractivity contribution in [2.75, 3.05) is 64.3 Å². The van der Waals surface area contributed by atoms with Gasteiger partial charge in [-0.05, 0) is 19.1 Å². The molecule has 1 fully saturated rings. The number of aryl methyl sites for hydroxylation is 1. The summed E-state index contributed by atoms with van der Waals surface area (Å²) >= 11 is 0. The minimum Gasteiger partial charge on any atom is -0.497 e. The molecule has 0 bridgehead atoms. The summed E-state index contributed by atoms with van der Waals surface area (Å²) in [6, 6.07) is 6.70. The number of hydrogen-bond acceptors (Lipinski definition) is 8. The molecular weight excluding hydrogens is 394 g/mol. The normalized spacial score (nSPS) is 15.3. The van der Waals surface area contributed by atoms with Gasteiger partial charge in [-0.15, -0.1) is 0 Å². The van der Waals surface area contributed by atoms with E-state index in [1.54, 1.807) is 12.1 Å². The van der Waals surface area contributed by atoms with Gasteiger partial charge in [-0.1, -0.05) is 0 Å². The summed E-state index contributed by atoms with van der Waals surface area (Å²) in [5.74, 6) is 3.08. The maximum Gasteiger partial charge on any atom is 0.247 e. The maximum absolute atomic E-state index is 13.2. The number of ether oxygens (including phenoxy) is 2. The smallest absolute Gasteiger partial charge is 0.247 e. The number of rotatable bonds is 6. The Morgan fingerprint density at radius 3 is 2.28 bits per heavy atom. The van der Waals surface area contributed by atoms with Crippen LogP contribution in [0.15, 0.2) is 29.2 Å². The van der Waals surface area contributed by atoms with E-state index in [0.29, 0.717) is 43.5 Å². The molecule has 0 amide bonds. The van der Waals surface area contributed by atoms with Crippen molar-refractivity contribution >= 4 is 21.7 Å². The Balaban J connectivity index is 1.80. The van der Waals surface area contributed by atoms with E-state index in [0.717, 1.165) is 11.6 Å². The van der Waals surface area contributed by atoms with Crippen LogP contribution in [-0.2, 0) is 10.0 Å². The molecule has 1 aliphatic rings. The van der Waals surface area contributed by atoms with Crippen LogP contribution < -0.4 is 19.3 Å². The highest BCUT2D eigenvalue weighted by atomic mass is 32.2. The SMILES string of the molecule is COc1ccc(OC)c(S(=O)(=O)N2CCN(c3cc(N(C)C)nc(C)n3)CC2)c1. The summed E-state index contributed by atoms with van der Waals surface area (Å²) in [5, 5.41) is 0. The van der Waals surface area contributed by atoms with E-state index in [-0.39, 0.29) is 4.90 Å². The van der Waals surface area contributed by atoms with Gasteiger partial charge in [-0.3, -0.25) is 0 Å². The van der Waals surface area contributed by atoms with Crippen molar-refractivity contribution in [2.24, 2.45) is 0 Å². The van der Waals surface area contributed by atoms with Gasteiger partial charge in [0.25, 0.3) is 0 Å². The van der Waals surface area contributed by atoms with Crippen molar-refractivity contribution in [3.63, 3.8) is 0 Å². The molecule has 1 aliphatic heterocycles. The molecule has 0 N–H and O–H groups in total. The zero-order valence-electron chi connectivity index (χ0n) is 17.4. The van der Waals surface area contributed by atoms with Crippen LogP contribution in [0.4, 0.5) is 11.6 Å². The molecule has 2 aromatic rings. The second kappa shape index (κ2) is 8.42. The molecule has 0 spiro atoms. The van der Waals surface area contributed by atoms with Crippen molar-refractivity contribution in [2.45, 2.75) is 11.8 Å². The molecule has 1 aromatic heterocycles. The zero-order chi connectivity index (χ0) is 21.2. The summed E-state index contributed by atoms with van der Waals surface area (Å²) in [7, 11) is 3.10. The quantitative estimate of drug-likeness (QED) is 0.691. The van der Waals surface area contributed by atoms with E-state index in [9.17, 15) is 8.42 Å². The van der Waals surface area contributed by atoms with Crippen LogP contribution in [-0.4, -0.2) is 77.2 Å². The fourth-order valence-electron chi connectivity index (χ4n) is 3.21. The predicted molar refractivity (Wildman–Crippen MR) is 112 cm³/mol. The number of sulfonamides is 1. The number of anilines is 2. The largest absolute Gasteiger partial charge is 0.497 e. The summed E-state index contributed by atoms with van der Waals surface area (Å²) < 4.78 is 38.4. The minimum absolute atomic E-state index is 0.112. The molecule has 1 aromatic carbocycles. The second-order valence-electron chi connectivity index (χ2n) is 6.93. The molecule has 3 rings (SSSR count). The van der Waals surface area contributed by atoms with Gasteiger partial charge in [0, 0.05) is 52.4 Å². The highest BCUT2D eigenvalue weighted by Crippen LogP contribution is 2.31. The van der Waals surface area contributed by atoms with Gasteiger partial charge >= 0.3 is 0 Å². The first kappa shape index (κ1) is 21.1. The molecule has 0 unspecified atom stereocenters. The molecule has 0 aliphatic carbocycles. The summed E-state index contributed by atoms with van der Waals surface area (Å²) in [6.45, 7) is 3.63. The molecule has 29 heavy (non-hydrogen) atoms. The number of methoxy groups -OCH3 is 2. The lowest BCUT2D eigenvalue weighted by atomic mass is 10.3. The molecule has 2 heterocycles. The predicted octanol–water partition coefficient (Wildman–Crippen LogP) is 1.38. The van der Waals surface area contributed by atoms with Crippen molar-refractivity contribution in [3.8, 4) is 11.5 Å². The fraction of sp³-hybridized carbons (Fsp3) is 0.474. The number of nitrogens with zero attached hydrogens (tertiary/aromatic N) is 5. The minimum atomic E-state index is -3.71. The summed E-state index contributed by atoms with van der Waals surface area (Å²) in [4.78, 5) is 13.0. The summed E-state index contributed by atoms with van der Waals surface area (Å²) in [6.07, 6.45) is 0. The van der Waals surface area contributed by atoms with Crippen LogP contribution in [0, 0.1) is 6.92 Å². The second-order valence-corrected chi connectivity index (χ2v) is 8.84. The Bertz CT molecular complexity index is 973. The highest BCUT2D eigenvalue weighted by Gasteiger charge is 2.31. The van der Waals surface area contributed by atoms with E-state index in [1.807, 2.05) is 32.0 Å². The maximum atomic E-state index is 13.2. The molecule has 1 saturated heterocycles. The Hall–Kier alpha value is -2.59. The third-order valence-corrected chi connectivity index (χ3v) is 6.74. The van der Waals surface area contributed by atoms with Crippen LogP contribution in [0.1, 0.15) is 5.82 Å². The average Bonchev–Trinajstić information content (AvgIpc) is 2.72. The van der Waals surface area contributed by atoms with E-state index in [4.69, 9.17) is 9.47 Å². The number of aromatic nitrogens is 2. The lowest BCUT2D eigenvalue weighted by Gasteiger charge is -2.35. The highest BCUT2D eigenvalue weighted by molar-refractivity contribution is 7.89. The number of hydrogen-bond donors (Lipinski definition) is 0. The average molecular weight is 422 g/mol. The van der Waals surface area contributed by atoms with Crippen molar-refractivity contribution in [3.05, 3.63) is 30.1 Å². The van der Waals surface area contributed by atoms with Crippen LogP contribution >= 0.6 is 0 Å². The van der Waals surface area contributed by atoms with E-state index in [2.05, 4.69) is 14.9 Å². The first-order valence-corrected chi connectivity index (χ1v) is 10.7. The zero-order valence-corrected chi connectivity index (χ0v) is 18.2. The fourth-order valence-corrected chi connectivity index (χ4v) is 4.80.